The van der Waals surface area contributed by atoms with Crippen LogP contribution in [0.25, 0.3) is 0 Å². The smallest absolute Gasteiger partial charge is 0.271 e. The summed E-state index contributed by atoms with van der Waals surface area (Å²) in [6.45, 7) is 1.48. The molecule has 0 amide bonds. The standard InChI is InChI=1S/C13H13ClF3N3O2S/c1-9-2-3-10(14)8-11(9)23(21,22)18-5-7-20-6-4-12(19-20)13(15,16)17/h2-4,6,8,18H,5,7H2,1H3. The van der Waals surface area contributed by atoms with Crippen LogP contribution in [0.15, 0.2) is 35.4 Å². The van der Waals surface area contributed by atoms with Crippen molar-refractivity contribution < 1.29 is 21.6 Å². The average molecular weight is 368 g/mol. The van der Waals surface area contributed by atoms with E-state index in [9.17, 15) is 21.6 Å². The van der Waals surface area contributed by atoms with E-state index < -0.39 is 21.9 Å². The molecule has 1 N–H and O–H groups in total. The lowest BCUT2D eigenvalue weighted by Crippen LogP contribution is -2.28. The molecule has 0 aliphatic heterocycles. The minimum Gasteiger partial charge on any atom is -0.271 e. The number of benzene rings is 1. The van der Waals surface area contributed by atoms with Crippen molar-refractivity contribution in [1.82, 2.24) is 14.5 Å². The van der Waals surface area contributed by atoms with Crippen LogP contribution >= 0.6 is 11.6 Å². The summed E-state index contributed by atoms with van der Waals surface area (Å²) in [5, 5.41) is 3.62. The molecule has 0 saturated carbocycles. The van der Waals surface area contributed by atoms with Crippen molar-refractivity contribution in [3.05, 3.63) is 46.7 Å². The van der Waals surface area contributed by atoms with Gasteiger partial charge in [0.1, 0.15) is 0 Å². The molecule has 0 bridgehead atoms. The maximum atomic E-state index is 12.4. The topological polar surface area (TPSA) is 64.0 Å². The van der Waals surface area contributed by atoms with Crippen LogP contribution in [0.1, 0.15) is 11.3 Å². The van der Waals surface area contributed by atoms with E-state index in [1.54, 1.807) is 19.1 Å². The number of aryl methyl sites for hydroxylation is 1. The lowest BCUT2D eigenvalue weighted by molar-refractivity contribution is -0.141. The Balaban J connectivity index is 2.03. The van der Waals surface area contributed by atoms with Gasteiger partial charge in [0.15, 0.2) is 5.69 Å². The van der Waals surface area contributed by atoms with Gasteiger partial charge < -0.3 is 0 Å². The van der Waals surface area contributed by atoms with E-state index in [0.717, 1.165) is 16.9 Å². The van der Waals surface area contributed by atoms with Gasteiger partial charge in [-0.3, -0.25) is 4.68 Å². The predicted molar refractivity (Wildman–Crippen MR) is 78.6 cm³/mol. The van der Waals surface area contributed by atoms with Gasteiger partial charge in [0.25, 0.3) is 0 Å². The van der Waals surface area contributed by atoms with E-state index >= 15 is 0 Å². The number of nitrogens with one attached hydrogen (secondary N) is 1. The second kappa shape index (κ2) is 6.50. The lowest BCUT2D eigenvalue weighted by atomic mass is 10.2. The first-order valence-electron chi connectivity index (χ1n) is 6.46. The van der Waals surface area contributed by atoms with Gasteiger partial charge in [-0.15, -0.1) is 0 Å². The van der Waals surface area contributed by atoms with Gasteiger partial charge in [0.05, 0.1) is 11.4 Å². The van der Waals surface area contributed by atoms with Crippen LogP contribution in [0.5, 0.6) is 0 Å². The summed E-state index contributed by atoms with van der Waals surface area (Å²) in [7, 11) is -3.80. The number of halogens is 4. The van der Waals surface area contributed by atoms with Gasteiger partial charge in [0, 0.05) is 17.8 Å². The zero-order valence-corrected chi connectivity index (χ0v) is 13.5. The monoisotopic (exact) mass is 367 g/mol. The van der Waals surface area contributed by atoms with E-state index in [1.807, 2.05) is 0 Å². The zero-order valence-electron chi connectivity index (χ0n) is 11.9. The third kappa shape index (κ3) is 4.46. The highest BCUT2D eigenvalue weighted by Crippen LogP contribution is 2.27. The van der Waals surface area contributed by atoms with Gasteiger partial charge in [0.2, 0.25) is 10.0 Å². The van der Waals surface area contributed by atoms with E-state index in [2.05, 4.69) is 9.82 Å². The first-order valence-corrected chi connectivity index (χ1v) is 8.32. The number of hydrogen-bond donors (Lipinski definition) is 1. The molecule has 1 aromatic carbocycles. The molecule has 0 fully saturated rings. The predicted octanol–water partition coefficient (Wildman–Crippen LogP) is 2.84. The summed E-state index contributed by atoms with van der Waals surface area (Å²) in [6, 6.07) is 5.28. The van der Waals surface area contributed by atoms with Crippen LogP contribution in [-0.4, -0.2) is 24.7 Å². The molecular formula is C13H13ClF3N3O2S. The molecule has 0 radical (unpaired) electrons. The normalized spacial score (nSPS) is 12.6. The fourth-order valence-corrected chi connectivity index (χ4v) is 3.40. The number of nitrogens with zero attached hydrogens (tertiary/aromatic N) is 2. The SMILES string of the molecule is Cc1ccc(Cl)cc1S(=O)(=O)NCCn1ccc(C(F)(F)F)n1. The lowest BCUT2D eigenvalue weighted by Gasteiger charge is -2.10. The fourth-order valence-electron chi connectivity index (χ4n) is 1.87. The molecule has 126 valence electrons. The first kappa shape index (κ1) is 17.8. The molecule has 0 unspecified atom stereocenters. The van der Waals surface area contributed by atoms with Crippen LogP contribution in [-0.2, 0) is 22.7 Å². The van der Waals surface area contributed by atoms with Crippen LogP contribution in [0.4, 0.5) is 13.2 Å². The largest absolute Gasteiger partial charge is 0.435 e. The van der Waals surface area contributed by atoms with Crippen LogP contribution in [0, 0.1) is 6.92 Å². The summed E-state index contributed by atoms with van der Waals surface area (Å²) >= 11 is 5.79. The average Bonchev–Trinajstić information content (AvgIpc) is 2.90. The fraction of sp³-hybridized carbons (Fsp3) is 0.308. The summed E-state index contributed by atoms with van der Waals surface area (Å²) in [5.41, 5.74) is -0.508. The number of alkyl halides is 3. The Labute approximate surface area is 136 Å². The summed E-state index contributed by atoms with van der Waals surface area (Å²) in [4.78, 5) is 0.0291. The molecule has 0 saturated heterocycles. The number of sulfonamides is 1. The van der Waals surface area contributed by atoms with E-state index in [4.69, 9.17) is 11.6 Å². The van der Waals surface area contributed by atoms with Crippen LogP contribution in [0.3, 0.4) is 0 Å². The maximum absolute atomic E-state index is 12.4. The summed E-state index contributed by atoms with van der Waals surface area (Å²) in [6.07, 6.45) is -3.38. The van der Waals surface area contributed by atoms with Crippen LogP contribution < -0.4 is 4.72 Å². The summed E-state index contributed by atoms with van der Waals surface area (Å²) < 4.78 is 64.9. The van der Waals surface area contributed by atoms with Gasteiger partial charge in [-0.1, -0.05) is 17.7 Å². The second-order valence-corrected chi connectivity index (χ2v) is 6.94. The van der Waals surface area contributed by atoms with Crippen molar-refractivity contribution in [3.63, 3.8) is 0 Å². The van der Waals surface area contributed by atoms with Gasteiger partial charge in [-0.25, -0.2) is 13.1 Å². The zero-order chi connectivity index (χ0) is 17.3. The molecule has 1 aromatic heterocycles. The Morgan fingerprint density at radius 2 is 2.00 bits per heavy atom. The Kier molecular flexibility index (Phi) is 5.02. The van der Waals surface area contributed by atoms with Gasteiger partial charge >= 0.3 is 6.18 Å². The molecule has 1 heterocycles. The molecule has 23 heavy (non-hydrogen) atoms. The highest BCUT2D eigenvalue weighted by atomic mass is 35.5. The van der Waals surface area contributed by atoms with Crippen molar-refractivity contribution >= 4 is 21.6 Å². The molecule has 0 spiro atoms. The van der Waals surface area contributed by atoms with Crippen molar-refractivity contribution in [3.8, 4) is 0 Å². The van der Waals surface area contributed by atoms with Crippen molar-refractivity contribution in [1.29, 1.82) is 0 Å². The highest BCUT2D eigenvalue weighted by molar-refractivity contribution is 7.89. The molecule has 0 aliphatic rings. The molecule has 0 atom stereocenters. The number of aromatic nitrogens is 2. The quantitative estimate of drug-likeness (QED) is 0.883. The maximum Gasteiger partial charge on any atom is 0.435 e. The highest BCUT2D eigenvalue weighted by Gasteiger charge is 2.33. The number of hydrogen-bond acceptors (Lipinski definition) is 3. The molecule has 10 heteroatoms. The number of rotatable bonds is 5. The minimum atomic E-state index is -4.53. The first-order chi connectivity index (χ1) is 10.6. The third-order valence-corrected chi connectivity index (χ3v) is 4.84. The Morgan fingerprint density at radius 1 is 1.30 bits per heavy atom. The molecule has 2 rings (SSSR count). The van der Waals surface area contributed by atoms with Crippen molar-refractivity contribution in [2.45, 2.75) is 24.5 Å². The molecule has 5 nitrogen and oxygen atoms in total. The Bertz CT molecular complexity index is 803. The minimum absolute atomic E-state index is 0.0291. The molecule has 0 aliphatic carbocycles. The Morgan fingerprint density at radius 3 is 2.61 bits per heavy atom. The summed E-state index contributed by atoms with van der Waals surface area (Å²) in [5.74, 6) is 0. The van der Waals surface area contributed by atoms with Crippen molar-refractivity contribution in [2.24, 2.45) is 0 Å². The van der Waals surface area contributed by atoms with E-state index in [1.165, 1.54) is 6.07 Å². The molecular weight excluding hydrogens is 355 g/mol. The second-order valence-electron chi connectivity index (χ2n) is 4.77. The van der Waals surface area contributed by atoms with E-state index in [0.29, 0.717) is 5.56 Å². The van der Waals surface area contributed by atoms with Crippen molar-refractivity contribution in [2.75, 3.05) is 6.54 Å². The van der Waals surface area contributed by atoms with Gasteiger partial charge in [-0.2, -0.15) is 18.3 Å². The van der Waals surface area contributed by atoms with E-state index in [-0.39, 0.29) is 23.0 Å². The third-order valence-electron chi connectivity index (χ3n) is 3.00. The van der Waals surface area contributed by atoms with Gasteiger partial charge in [-0.05, 0) is 30.7 Å². The Hall–Kier alpha value is -1.58. The van der Waals surface area contributed by atoms with Crippen LogP contribution in [0.2, 0.25) is 5.02 Å². The molecule has 2 aromatic rings.